The molecule has 1 N–H and O–H groups in total. The van der Waals surface area contributed by atoms with Gasteiger partial charge < -0.3 is 10.2 Å². The van der Waals surface area contributed by atoms with Gasteiger partial charge in [0.1, 0.15) is 0 Å². The second-order valence-corrected chi connectivity index (χ2v) is 10.7. The molecular weight excluding hydrogens is 416 g/mol. The lowest BCUT2D eigenvalue weighted by molar-refractivity contribution is -0.138. The predicted octanol–water partition coefficient (Wildman–Crippen LogP) is 1.28. The molecule has 1 heterocycles. The number of nitrogens with zero attached hydrogens (tertiary/aromatic N) is 3. The summed E-state index contributed by atoms with van der Waals surface area (Å²) in [7, 11) is -0.593. The number of nitrogens with one attached hydrogen (secondary N) is 1. The quantitative estimate of drug-likeness (QED) is 0.676. The minimum absolute atomic E-state index is 0.149. The van der Waals surface area contributed by atoms with Crippen LogP contribution in [-0.4, -0.2) is 81.2 Å². The van der Waals surface area contributed by atoms with Crippen molar-refractivity contribution < 1.29 is 18.0 Å². The Bertz CT molecular complexity index is 873. The summed E-state index contributed by atoms with van der Waals surface area (Å²) >= 11 is 0. The number of hydrogen-bond acceptors (Lipinski definition) is 5. The van der Waals surface area contributed by atoms with Gasteiger partial charge in [0.25, 0.3) is 0 Å². The Hall–Kier alpha value is -1.97. The van der Waals surface area contributed by atoms with E-state index in [1.807, 2.05) is 9.80 Å². The Labute approximate surface area is 185 Å². The lowest BCUT2D eigenvalue weighted by Gasteiger charge is -2.36. The molecule has 1 aliphatic heterocycles. The fourth-order valence-electron chi connectivity index (χ4n) is 4.29. The monoisotopic (exact) mass is 450 g/mol. The lowest BCUT2D eigenvalue weighted by Crippen LogP contribution is -2.52. The van der Waals surface area contributed by atoms with Crippen LogP contribution in [0.4, 0.5) is 0 Å². The van der Waals surface area contributed by atoms with Gasteiger partial charge in [-0.05, 0) is 24.5 Å². The largest absolute Gasteiger partial charge is 0.351 e. The van der Waals surface area contributed by atoms with Gasteiger partial charge in [0.15, 0.2) is 0 Å². The zero-order chi connectivity index (χ0) is 22.4. The molecule has 1 saturated heterocycles. The number of piperazine rings is 1. The maximum absolute atomic E-state index is 12.7. The maximum Gasteiger partial charge on any atom is 0.242 e. The van der Waals surface area contributed by atoms with Gasteiger partial charge in [0.05, 0.1) is 11.4 Å². The number of carbonyl (C=O) groups excluding carboxylic acids is 2. The summed E-state index contributed by atoms with van der Waals surface area (Å²) in [5, 5.41) is 2.84. The van der Waals surface area contributed by atoms with E-state index < -0.39 is 10.0 Å². The van der Waals surface area contributed by atoms with Crippen molar-refractivity contribution in [1.82, 2.24) is 19.4 Å². The van der Waals surface area contributed by atoms with Gasteiger partial charge in [-0.15, -0.1) is 0 Å². The van der Waals surface area contributed by atoms with E-state index in [1.165, 1.54) is 24.8 Å². The third-order valence-corrected chi connectivity index (χ3v) is 8.13. The Morgan fingerprint density at radius 3 is 2.32 bits per heavy atom. The van der Waals surface area contributed by atoms with Gasteiger partial charge >= 0.3 is 0 Å². The summed E-state index contributed by atoms with van der Waals surface area (Å²) in [6, 6.07) is 6.71. The standard InChI is InChI=1S/C22H34N4O4S/c1-24(2)31(29,30)20-11-7-6-10-19(20)16-23-21(27)17-25-12-14-26(15-13-25)22(28)18-8-4-3-5-9-18/h6-7,10-11,18H,3-5,8-9,12-17H2,1-2H3,(H,23,27). The van der Waals surface area contributed by atoms with Crippen LogP contribution < -0.4 is 5.32 Å². The molecule has 2 amide bonds. The van der Waals surface area contributed by atoms with Crippen molar-refractivity contribution in [2.45, 2.75) is 43.5 Å². The van der Waals surface area contributed by atoms with Crippen LogP contribution in [0.5, 0.6) is 0 Å². The first-order valence-corrected chi connectivity index (χ1v) is 12.5. The third-order valence-electron chi connectivity index (χ3n) is 6.21. The molecule has 0 aromatic heterocycles. The van der Waals surface area contributed by atoms with E-state index in [1.54, 1.807) is 24.3 Å². The third kappa shape index (κ3) is 6.05. The Balaban J connectivity index is 1.47. The molecule has 3 rings (SSSR count). The molecule has 2 aliphatic rings. The predicted molar refractivity (Wildman–Crippen MR) is 119 cm³/mol. The molecule has 1 aromatic rings. The second-order valence-electron chi connectivity index (χ2n) is 8.61. The molecule has 2 fully saturated rings. The number of rotatable bonds is 7. The zero-order valence-electron chi connectivity index (χ0n) is 18.5. The fraction of sp³-hybridized carbons (Fsp3) is 0.636. The van der Waals surface area contributed by atoms with Crippen LogP contribution in [-0.2, 0) is 26.2 Å². The number of hydrogen-bond donors (Lipinski definition) is 1. The summed E-state index contributed by atoms with van der Waals surface area (Å²) in [4.78, 5) is 29.3. The van der Waals surface area contributed by atoms with Gasteiger partial charge in [-0.3, -0.25) is 14.5 Å². The number of sulfonamides is 1. The summed E-state index contributed by atoms with van der Waals surface area (Å²) in [6.07, 6.45) is 5.54. The van der Waals surface area contributed by atoms with E-state index in [0.29, 0.717) is 31.7 Å². The van der Waals surface area contributed by atoms with Gasteiger partial charge in [-0.2, -0.15) is 0 Å². The average molecular weight is 451 g/mol. The highest BCUT2D eigenvalue weighted by atomic mass is 32.2. The first kappa shape index (κ1) is 23.7. The minimum atomic E-state index is -3.57. The summed E-state index contributed by atoms with van der Waals surface area (Å²) in [5.74, 6) is 0.314. The van der Waals surface area contributed by atoms with E-state index in [9.17, 15) is 18.0 Å². The first-order chi connectivity index (χ1) is 14.8. The minimum Gasteiger partial charge on any atom is -0.351 e. The van der Waals surface area contributed by atoms with Gasteiger partial charge in [0, 0.05) is 52.7 Å². The molecule has 0 atom stereocenters. The van der Waals surface area contributed by atoms with Crippen molar-refractivity contribution in [3.8, 4) is 0 Å². The summed E-state index contributed by atoms with van der Waals surface area (Å²) < 4.78 is 26.1. The molecule has 31 heavy (non-hydrogen) atoms. The van der Waals surface area contributed by atoms with E-state index in [4.69, 9.17) is 0 Å². The molecule has 0 spiro atoms. The van der Waals surface area contributed by atoms with Crippen LogP contribution in [0.3, 0.4) is 0 Å². The first-order valence-electron chi connectivity index (χ1n) is 11.1. The summed E-state index contributed by atoms with van der Waals surface area (Å²) in [6.45, 7) is 3.07. The van der Waals surface area contributed by atoms with Crippen LogP contribution in [0, 0.1) is 5.92 Å². The molecule has 172 valence electrons. The van der Waals surface area contributed by atoms with Crippen LogP contribution >= 0.6 is 0 Å². The maximum atomic E-state index is 12.7. The van der Waals surface area contributed by atoms with Gasteiger partial charge in [-0.1, -0.05) is 37.5 Å². The molecule has 1 saturated carbocycles. The lowest BCUT2D eigenvalue weighted by atomic mass is 9.88. The smallest absolute Gasteiger partial charge is 0.242 e. The van der Waals surface area contributed by atoms with Gasteiger partial charge in [0.2, 0.25) is 21.8 Å². The van der Waals surface area contributed by atoms with Crippen molar-refractivity contribution >= 4 is 21.8 Å². The molecule has 0 unspecified atom stereocenters. The molecule has 0 bridgehead atoms. The molecule has 1 aliphatic carbocycles. The highest BCUT2D eigenvalue weighted by molar-refractivity contribution is 7.89. The zero-order valence-corrected chi connectivity index (χ0v) is 19.4. The summed E-state index contributed by atoms with van der Waals surface area (Å²) in [5.41, 5.74) is 0.562. The topological polar surface area (TPSA) is 90.0 Å². The van der Waals surface area contributed by atoms with Crippen molar-refractivity contribution in [2.24, 2.45) is 5.92 Å². The number of benzene rings is 1. The molecule has 9 heteroatoms. The van der Waals surface area contributed by atoms with Crippen molar-refractivity contribution in [1.29, 1.82) is 0 Å². The molecule has 0 radical (unpaired) electrons. The number of carbonyl (C=O) groups is 2. The van der Waals surface area contributed by atoms with E-state index in [-0.39, 0.29) is 35.7 Å². The highest BCUT2D eigenvalue weighted by Gasteiger charge is 2.29. The number of amides is 2. The van der Waals surface area contributed by atoms with E-state index in [2.05, 4.69) is 5.32 Å². The Morgan fingerprint density at radius 2 is 1.68 bits per heavy atom. The van der Waals surface area contributed by atoms with E-state index in [0.717, 1.165) is 25.7 Å². The Kier molecular flexibility index (Phi) is 8.07. The van der Waals surface area contributed by atoms with Crippen LogP contribution in [0.25, 0.3) is 0 Å². The average Bonchev–Trinajstić information content (AvgIpc) is 2.78. The Morgan fingerprint density at radius 1 is 1.03 bits per heavy atom. The van der Waals surface area contributed by atoms with Crippen LogP contribution in [0.2, 0.25) is 0 Å². The SMILES string of the molecule is CN(C)S(=O)(=O)c1ccccc1CNC(=O)CN1CCN(C(=O)C2CCCCC2)CC1. The molecule has 8 nitrogen and oxygen atoms in total. The van der Waals surface area contributed by atoms with Crippen molar-refractivity contribution in [2.75, 3.05) is 46.8 Å². The van der Waals surface area contributed by atoms with Crippen molar-refractivity contribution in [3.05, 3.63) is 29.8 Å². The van der Waals surface area contributed by atoms with E-state index >= 15 is 0 Å². The second kappa shape index (κ2) is 10.6. The van der Waals surface area contributed by atoms with Crippen LogP contribution in [0.1, 0.15) is 37.7 Å². The van der Waals surface area contributed by atoms with Crippen molar-refractivity contribution in [3.63, 3.8) is 0 Å². The normalized spacial score (nSPS) is 18.9. The van der Waals surface area contributed by atoms with Gasteiger partial charge in [-0.25, -0.2) is 12.7 Å². The molecule has 1 aromatic carbocycles. The molecular formula is C22H34N4O4S. The highest BCUT2D eigenvalue weighted by Crippen LogP contribution is 2.25. The van der Waals surface area contributed by atoms with Crippen LogP contribution in [0.15, 0.2) is 29.2 Å². The fourth-order valence-corrected chi connectivity index (χ4v) is 5.40.